The lowest BCUT2D eigenvalue weighted by Gasteiger charge is -2.38. The minimum absolute atomic E-state index is 0.289. The number of carbonyl (C=O) groups excluding carboxylic acids is 2. The summed E-state index contributed by atoms with van der Waals surface area (Å²) in [7, 11) is 0. The van der Waals surface area contributed by atoms with E-state index in [1.165, 1.54) is 0 Å². The van der Waals surface area contributed by atoms with Crippen molar-refractivity contribution in [2.24, 2.45) is 47.3 Å². The number of allylic oxidation sites excluding steroid dienone is 4. The Morgan fingerprint density at radius 2 is 0.898 bits per heavy atom. The second-order valence-corrected chi connectivity index (χ2v) is 12.9. The van der Waals surface area contributed by atoms with Gasteiger partial charge in [0.05, 0.1) is 35.0 Å². The van der Waals surface area contributed by atoms with Gasteiger partial charge in [-0.3, -0.25) is 19.2 Å². The molecule has 0 saturated heterocycles. The van der Waals surface area contributed by atoms with E-state index in [0.29, 0.717) is 37.1 Å². The van der Waals surface area contributed by atoms with Gasteiger partial charge in [0.25, 0.3) is 0 Å². The Kier molecular flexibility index (Phi) is 7.98. The zero-order valence-electron chi connectivity index (χ0n) is 25.0. The molecular weight excluding hydrogens is 666 g/mol. The van der Waals surface area contributed by atoms with E-state index in [9.17, 15) is 39.6 Å². The summed E-state index contributed by atoms with van der Waals surface area (Å²) >= 11 is 0. The number of amides is 2. The monoisotopic (exact) mass is 694 g/mol. The SMILES string of the molecule is O=C(O)C1C2C=CC(C2)C1C(=O)Nc1cc(C(c2ccc(O)c(NC(=O)C3C4C=CC(C4)C3C(=O)O)c2)(C(F)(F)F)C(F)(F)F)ccc1O. The van der Waals surface area contributed by atoms with Crippen LogP contribution in [0.2, 0.25) is 0 Å². The summed E-state index contributed by atoms with van der Waals surface area (Å²) in [5, 5.41) is 44.4. The Bertz CT molecular complexity index is 1670. The maximum absolute atomic E-state index is 15.0. The van der Waals surface area contributed by atoms with Crippen LogP contribution in [0.25, 0.3) is 0 Å². The number of benzene rings is 2. The van der Waals surface area contributed by atoms with Gasteiger partial charge in [-0.05, 0) is 71.9 Å². The summed E-state index contributed by atoms with van der Waals surface area (Å²) in [5.74, 6) is -13.4. The summed E-state index contributed by atoms with van der Waals surface area (Å²) in [5.41, 5.74) is -9.55. The molecule has 4 aliphatic carbocycles. The summed E-state index contributed by atoms with van der Waals surface area (Å²) < 4.78 is 90.3. The van der Waals surface area contributed by atoms with Crippen molar-refractivity contribution in [3.8, 4) is 11.5 Å². The average molecular weight is 695 g/mol. The second-order valence-electron chi connectivity index (χ2n) is 12.9. The smallest absolute Gasteiger partial charge is 0.411 e. The third-order valence-electron chi connectivity index (χ3n) is 10.3. The molecule has 0 spiro atoms. The maximum atomic E-state index is 15.0. The van der Waals surface area contributed by atoms with Crippen molar-refractivity contribution in [3.05, 3.63) is 71.8 Å². The molecule has 260 valence electrons. The molecule has 2 aromatic rings. The predicted octanol–water partition coefficient (Wildman–Crippen LogP) is 5.43. The van der Waals surface area contributed by atoms with Crippen LogP contribution in [0.3, 0.4) is 0 Å². The Hall–Kier alpha value is -5.02. The van der Waals surface area contributed by atoms with Crippen LogP contribution in [0.15, 0.2) is 60.7 Å². The Morgan fingerprint density at radius 1 is 0.571 bits per heavy atom. The third kappa shape index (κ3) is 5.27. The first-order chi connectivity index (χ1) is 22.9. The van der Waals surface area contributed by atoms with E-state index in [2.05, 4.69) is 10.6 Å². The number of fused-ring (bicyclic) bond motifs is 4. The summed E-state index contributed by atoms with van der Waals surface area (Å²) in [6.07, 6.45) is -5.23. The molecule has 8 unspecified atom stereocenters. The molecule has 49 heavy (non-hydrogen) atoms. The van der Waals surface area contributed by atoms with E-state index in [0.717, 1.165) is 0 Å². The molecule has 0 aliphatic heterocycles. The van der Waals surface area contributed by atoms with Gasteiger partial charge in [-0.15, -0.1) is 0 Å². The molecule has 8 atom stereocenters. The highest BCUT2D eigenvalue weighted by Crippen LogP contribution is 2.58. The van der Waals surface area contributed by atoms with E-state index in [-0.39, 0.29) is 12.1 Å². The summed E-state index contributed by atoms with van der Waals surface area (Å²) in [4.78, 5) is 50.2. The highest BCUT2D eigenvalue weighted by Gasteiger charge is 2.72. The van der Waals surface area contributed by atoms with Crippen LogP contribution in [0, 0.1) is 47.3 Å². The van der Waals surface area contributed by atoms with Crippen molar-refractivity contribution in [1.29, 1.82) is 0 Å². The van der Waals surface area contributed by atoms with Crippen molar-refractivity contribution in [2.75, 3.05) is 10.6 Å². The number of halogens is 6. The molecule has 2 saturated carbocycles. The van der Waals surface area contributed by atoms with Crippen LogP contribution in [0.1, 0.15) is 24.0 Å². The van der Waals surface area contributed by atoms with Gasteiger partial charge in [-0.2, -0.15) is 26.3 Å². The molecule has 2 amide bonds. The van der Waals surface area contributed by atoms with Crippen molar-refractivity contribution >= 4 is 35.1 Å². The van der Waals surface area contributed by atoms with Gasteiger partial charge in [0, 0.05) is 0 Å². The molecule has 2 fully saturated rings. The maximum Gasteiger partial charge on any atom is 0.411 e. The van der Waals surface area contributed by atoms with E-state index >= 15 is 26.3 Å². The number of phenols is 2. The van der Waals surface area contributed by atoms with Crippen LogP contribution in [0.4, 0.5) is 37.7 Å². The minimum Gasteiger partial charge on any atom is -0.506 e. The fourth-order valence-electron chi connectivity index (χ4n) is 8.19. The Labute approximate surface area is 273 Å². The Balaban J connectivity index is 1.39. The summed E-state index contributed by atoms with van der Waals surface area (Å²) in [6, 6.07) is 2.33. The van der Waals surface area contributed by atoms with Gasteiger partial charge in [0.15, 0.2) is 0 Å². The fraction of sp³-hybridized carbons (Fsp3) is 0.394. The predicted molar refractivity (Wildman–Crippen MR) is 157 cm³/mol. The number of aliphatic carboxylic acids is 2. The number of nitrogens with one attached hydrogen (secondary N) is 2. The van der Waals surface area contributed by atoms with Gasteiger partial charge >= 0.3 is 24.3 Å². The number of carboxylic acids is 2. The third-order valence-corrected chi connectivity index (χ3v) is 10.3. The summed E-state index contributed by atoms with van der Waals surface area (Å²) in [6.45, 7) is 0. The molecule has 0 aromatic heterocycles. The second kappa shape index (κ2) is 11.6. The van der Waals surface area contributed by atoms with Crippen LogP contribution in [-0.2, 0) is 24.6 Å². The quantitative estimate of drug-likeness (QED) is 0.121. The molecule has 10 nitrogen and oxygen atoms in total. The van der Waals surface area contributed by atoms with E-state index in [1.54, 1.807) is 24.3 Å². The zero-order chi connectivity index (χ0) is 35.8. The molecule has 0 heterocycles. The van der Waals surface area contributed by atoms with E-state index < -0.39 is 123 Å². The molecule has 0 radical (unpaired) electrons. The van der Waals surface area contributed by atoms with Crippen LogP contribution >= 0.6 is 0 Å². The molecule has 6 N–H and O–H groups in total. The number of anilines is 2. The first-order valence-electron chi connectivity index (χ1n) is 15.1. The standard InChI is InChI=1S/C33H28F6N2O8/c34-32(35,36)31(33(37,38)39,17-5-7-21(42)19(11-17)40-27(44)23-13-1-3-15(9-13)25(23)29(46)47)18-6-8-22(43)20(12-18)41-28(45)24-14-2-4-16(10-14)26(24)30(48)49/h1-8,11-16,23-26,42-43H,9-10H2,(H,40,44)(H,41,45)(H,46,47)(H,48,49). The fourth-order valence-corrected chi connectivity index (χ4v) is 8.19. The highest BCUT2D eigenvalue weighted by atomic mass is 19.4. The zero-order valence-corrected chi connectivity index (χ0v) is 25.0. The highest BCUT2D eigenvalue weighted by molar-refractivity contribution is 5.98. The van der Waals surface area contributed by atoms with Crippen molar-refractivity contribution in [1.82, 2.24) is 0 Å². The number of hydrogen-bond acceptors (Lipinski definition) is 6. The molecule has 2 aromatic carbocycles. The number of carbonyl (C=O) groups is 4. The van der Waals surface area contributed by atoms with E-state index in [1.807, 2.05) is 0 Å². The lowest BCUT2D eigenvalue weighted by atomic mass is 9.72. The van der Waals surface area contributed by atoms with Crippen molar-refractivity contribution in [3.63, 3.8) is 0 Å². The van der Waals surface area contributed by atoms with Crippen molar-refractivity contribution < 1.29 is 65.9 Å². The van der Waals surface area contributed by atoms with Gasteiger partial charge in [0.1, 0.15) is 11.5 Å². The van der Waals surface area contributed by atoms with Crippen LogP contribution in [-0.4, -0.2) is 56.5 Å². The molecule has 4 aliphatic rings. The van der Waals surface area contributed by atoms with Gasteiger partial charge in [-0.1, -0.05) is 36.4 Å². The van der Waals surface area contributed by atoms with E-state index in [4.69, 9.17) is 0 Å². The average Bonchev–Trinajstić information content (AvgIpc) is 3.80. The minimum atomic E-state index is -6.16. The number of phenolic OH excluding ortho intramolecular Hbond substituents is 2. The number of aromatic hydroxyl groups is 2. The van der Waals surface area contributed by atoms with Crippen molar-refractivity contribution in [2.45, 2.75) is 30.6 Å². The lowest BCUT2D eigenvalue weighted by Crippen LogP contribution is -2.54. The van der Waals surface area contributed by atoms with Gasteiger partial charge < -0.3 is 31.1 Å². The molecule has 16 heteroatoms. The first kappa shape index (κ1) is 33.9. The largest absolute Gasteiger partial charge is 0.506 e. The number of alkyl halides is 6. The normalized spacial score (nSPS) is 28.5. The van der Waals surface area contributed by atoms with Gasteiger partial charge in [0.2, 0.25) is 17.2 Å². The molecule has 4 bridgehead atoms. The lowest BCUT2D eigenvalue weighted by molar-refractivity contribution is -0.288. The van der Waals surface area contributed by atoms with Gasteiger partial charge in [-0.25, -0.2) is 0 Å². The number of hydrogen-bond donors (Lipinski definition) is 6. The number of carboxylic acid groups (broad SMARTS) is 2. The first-order valence-corrected chi connectivity index (χ1v) is 15.1. The molecule has 6 rings (SSSR count). The number of rotatable bonds is 8. The Morgan fingerprint density at radius 3 is 1.20 bits per heavy atom. The topological polar surface area (TPSA) is 173 Å². The van der Waals surface area contributed by atoms with Crippen LogP contribution < -0.4 is 10.6 Å². The molecular formula is C33H28F6N2O8. The van der Waals surface area contributed by atoms with Crippen LogP contribution in [0.5, 0.6) is 11.5 Å².